The molecule has 0 aliphatic carbocycles. The average Bonchev–Trinajstić information content (AvgIpc) is 3.28. The molecule has 0 fully saturated rings. The zero-order valence-electron chi connectivity index (χ0n) is 14.0. The summed E-state index contributed by atoms with van der Waals surface area (Å²) in [4.78, 5) is 32.6. The van der Waals surface area contributed by atoms with E-state index in [1.165, 1.54) is 0 Å². The minimum absolute atomic E-state index is 0.101. The number of pyridine rings is 1. The first-order chi connectivity index (χ1) is 12.7. The van der Waals surface area contributed by atoms with Gasteiger partial charge in [0.2, 0.25) is 5.91 Å². The summed E-state index contributed by atoms with van der Waals surface area (Å²) in [6, 6.07) is 16.5. The van der Waals surface area contributed by atoms with Crippen molar-refractivity contribution in [2.24, 2.45) is 0 Å². The van der Waals surface area contributed by atoms with Crippen molar-refractivity contribution in [3.8, 4) is 0 Å². The first-order valence-corrected chi connectivity index (χ1v) is 9.24. The number of aromatic nitrogens is 1. The maximum atomic E-state index is 12.9. The number of nitrogens with zero attached hydrogens (tertiary/aromatic N) is 2. The molecule has 1 atom stereocenters. The van der Waals surface area contributed by atoms with E-state index in [9.17, 15) is 9.59 Å². The van der Waals surface area contributed by atoms with Gasteiger partial charge in [0.15, 0.2) is 0 Å². The van der Waals surface area contributed by atoms with Crippen molar-refractivity contribution in [1.82, 2.24) is 10.3 Å². The minimum atomic E-state index is -0.399. The highest BCUT2D eigenvalue weighted by Gasteiger charge is 2.39. The molecule has 4 rings (SSSR count). The first kappa shape index (κ1) is 16.5. The summed E-state index contributed by atoms with van der Waals surface area (Å²) in [5, 5.41) is 4.92. The van der Waals surface area contributed by atoms with E-state index in [1.807, 2.05) is 47.8 Å². The number of amides is 2. The van der Waals surface area contributed by atoms with Crippen LogP contribution >= 0.6 is 11.3 Å². The Hall–Kier alpha value is -2.99. The minimum Gasteiger partial charge on any atom is -0.351 e. The van der Waals surface area contributed by atoms with Gasteiger partial charge < -0.3 is 5.32 Å². The van der Waals surface area contributed by atoms with Crippen molar-refractivity contribution in [3.63, 3.8) is 0 Å². The highest BCUT2D eigenvalue weighted by molar-refractivity contribution is 7.09. The van der Waals surface area contributed by atoms with E-state index in [-0.39, 0.29) is 18.2 Å². The Morgan fingerprint density at radius 1 is 1.12 bits per heavy atom. The summed E-state index contributed by atoms with van der Waals surface area (Å²) >= 11 is 1.60. The molecular formula is C20H17N3O2S. The van der Waals surface area contributed by atoms with E-state index in [2.05, 4.69) is 10.3 Å². The number of rotatable bonds is 5. The molecule has 3 aromatic rings. The van der Waals surface area contributed by atoms with Gasteiger partial charge in [-0.3, -0.25) is 19.5 Å². The zero-order valence-corrected chi connectivity index (χ0v) is 14.8. The molecule has 0 spiro atoms. The molecule has 2 amide bonds. The third kappa shape index (κ3) is 3.11. The van der Waals surface area contributed by atoms with Crippen LogP contribution in [0.3, 0.4) is 0 Å². The van der Waals surface area contributed by atoms with E-state index >= 15 is 0 Å². The Morgan fingerprint density at radius 2 is 1.96 bits per heavy atom. The van der Waals surface area contributed by atoms with E-state index in [1.54, 1.807) is 34.6 Å². The summed E-state index contributed by atoms with van der Waals surface area (Å²) in [7, 11) is 0. The Morgan fingerprint density at radius 3 is 2.73 bits per heavy atom. The normalized spacial score (nSPS) is 15.8. The smallest absolute Gasteiger partial charge is 0.260 e. The lowest BCUT2D eigenvalue weighted by molar-refractivity contribution is -0.121. The molecule has 0 saturated heterocycles. The molecule has 3 heterocycles. The standard InChI is InChI=1S/C20H17N3O2S/c24-18(22-13-15-8-5-11-26-15)12-17-19-16(9-4-10-21-19)20(25)23(17)14-6-2-1-3-7-14/h1-11,17H,12-13H2,(H,22,24)/t17-/m1/s1. The van der Waals surface area contributed by atoms with Gasteiger partial charge in [-0.2, -0.15) is 0 Å². The van der Waals surface area contributed by atoms with Crippen molar-refractivity contribution in [3.05, 3.63) is 82.3 Å². The lowest BCUT2D eigenvalue weighted by Gasteiger charge is -2.24. The lowest BCUT2D eigenvalue weighted by atomic mass is 10.1. The third-order valence-electron chi connectivity index (χ3n) is 4.37. The number of hydrogen-bond donors (Lipinski definition) is 1. The van der Waals surface area contributed by atoms with Gasteiger partial charge in [0.05, 0.1) is 30.3 Å². The zero-order chi connectivity index (χ0) is 17.9. The quantitative estimate of drug-likeness (QED) is 0.754. The second-order valence-electron chi connectivity index (χ2n) is 6.02. The van der Waals surface area contributed by atoms with E-state index in [0.29, 0.717) is 17.8 Å². The predicted molar refractivity (Wildman–Crippen MR) is 101 cm³/mol. The number of para-hydroxylation sites is 1. The van der Waals surface area contributed by atoms with Crippen molar-refractivity contribution in [1.29, 1.82) is 0 Å². The molecule has 0 bridgehead atoms. The van der Waals surface area contributed by atoms with Crippen LogP contribution in [0.25, 0.3) is 0 Å². The van der Waals surface area contributed by atoms with Crippen LogP contribution in [-0.4, -0.2) is 16.8 Å². The fourth-order valence-corrected chi connectivity index (χ4v) is 3.82. The van der Waals surface area contributed by atoms with Crippen LogP contribution in [0.1, 0.15) is 33.4 Å². The van der Waals surface area contributed by atoms with E-state index < -0.39 is 6.04 Å². The van der Waals surface area contributed by atoms with E-state index in [0.717, 1.165) is 10.6 Å². The average molecular weight is 363 g/mol. The molecule has 0 unspecified atom stereocenters. The molecule has 1 aliphatic rings. The monoisotopic (exact) mass is 363 g/mol. The second-order valence-corrected chi connectivity index (χ2v) is 7.06. The fraction of sp³-hybridized carbons (Fsp3) is 0.150. The summed E-state index contributed by atoms with van der Waals surface area (Å²) < 4.78 is 0. The molecular weight excluding hydrogens is 346 g/mol. The molecule has 6 heteroatoms. The molecule has 5 nitrogen and oxygen atoms in total. The molecule has 1 N–H and O–H groups in total. The van der Waals surface area contributed by atoms with Gasteiger partial charge in [-0.05, 0) is 35.7 Å². The Balaban J connectivity index is 1.58. The summed E-state index contributed by atoms with van der Waals surface area (Å²) in [5.74, 6) is -0.217. The molecule has 2 aromatic heterocycles. The Labute approximate surface area is 155 Å². The van der Waals surface area contributed by atoms with Gasteiger partial charge in [0.25, 0.3) is 5.91 Å². The number of carbonyl (C=O) groups excluding carboxylic acids is 2. The number of carbonyl (C=O) groups is 2. The molecule has 1 aliphatic heterocycles. The van der Waals surface area contributed by atoms with Crippen LogP contribution < -0.4 is 10.2 Å². The molecule has 1 aromatic carbocycles. The van der Waals surface area contributed by atoms with Crippen LogP contribution in [0.4, 0.5) is 5.69 Å². The number of anilines is 1. The second kappa shape index (κ2) is 7.09. The highest BCUT2D eigenvalue weighted by atomic mass is 32.1. The molecule has 26 heavy (non-hydrogen) atoms. The molecule has 130 valence electrons. The molecule has 0 radical (unpaired) electrons. The van der Waals surface area contributed by atoms with Crippen molar-refractivity contribution in [2.45, 2.75) is 19.0 Å². The highest BCUT2D eigenvalue weighted by Crippen LogP contribution is 2.38. The van der Waals surface area contributed by atoms with Crippen LogP contribution in [0.5, 0.6) is 0 Å². The number of thiophene rings is 1. The third-order valence-corrected chi connectivity index (χ3v) is 5.24. The van der Waals surface area contributed by atoms with Gasteiger partial charge in [0.1, 0.15) is 0 Å². The SMILES string of the molecule is O=C(C[C@@H]1c2ncccc2C(=O)N1c1ccccc1)NCc1cccs1. The summed E-state index contributed by atoms with van der Waals surface area (Å²) in [6.07, 6.45) is 1.84. The Kier molecular flexibility index (Phi) is 4.50. The van der Waals surface area contributed by atoms with Crippen LogP contribution in [0.2, 0.25) is 0 Å². The first-order valence-electron chi connectivity index (χ1n) is 8.36. The Bertz CT molecular complexity index is 925. The fourth-order valence-electron chi connectivity index (χ4n) is 3.18. The van der Waals surface area contributed by atoms with Gasteiger partial charge in [-0.1, -0.05) is 24.3 Å². The predicted octanol–water partition coefficient (Wildman–Crippen LogP) is 3.55. The lowest BCUT2D eigenvalue weighted by Crippen LogP contribution is -2.32. The summed E-state index contributed by atoms with van der Waals surface area (Å²) in [5.41, 5.74) is 1.99. The van der Waals surface area contributed by atoms with Crippen LogP contribution in [0, 0.1) is 0 Å². The van der Waals surface area contributed by atoms with Gasteiger partial charge in [-0.25, -0.2) is 0 Å². The van der Waals surface area contributed by atoms with Crippen LogP contribution in [-0.2, 0) is 11.3 Å². The number of hydrogen-bond acceptors (Lipinski definition) is 4. The van der Waals surface area contributed by atoms with Gasteiger partial charge in [0, 0.05) is 16.8 Å². The largest absolute Gasteiger partial charge is 0.351 e. The number of fused-ring (bicyclic) bond motifs is 1. The van der Waals surface area contributed by atoms with Crippen molar-refractivity contribution >= 4 is 28.8 Å². The maximum absolute atomic E-state index is 12.9. The number of benzene rings is 1. The van der Waals surface area contributed by atoms with Gasteiger partial charge in [-0.15, -0.1) is 11.3 Å². The maximum Gasteiger partial charge on any atom is 0.260 e. The number of nitrogens with one attached hydrogen (secondary N) is 1. The topological polar surface area (TPSA) is 62.3 Å². The van der Waals surface area contributed by atoms with Crippen molar-refractivity contribution in [2.75, 3.05) is 4.90 Å². The molecule has 0 saturated carbocycles. The van der Waals surface area contributed by atoms with E-state index in [4.69, 9.17) is 0 Å². The van der Waals surface area contributed by atoms with Crippen LogP contribution in [0.15, 0.2) is 66.2 Å². The summed E-state index contributed by atoms with van der Waals surface area (Å²) in [6.45, 7) is 0.498. The van der Waals surface area contributed by atoms with Crippen molar-refractivity contribution < 1.29 is 9.59 Å². The van der Waals surface area contributed by atoms with Gasteiger partial charge >= 0.3 is 0 Å².